The average Bonchev–Trinajstić information content (AvgIpc) is 3.69. The third-order valence-electron chi connectivity index (χ3n) is 7.29. The smallest absolute Gasteiger partial charge is 0.253 e. The van der Waals surface area contributed by atoms with Crippen LogP contribution in [-0.2, 0) is 23.1 Å². The number of likely N-dealkylation sites (N-methyl/N-ethyl adjacent to an activating group) is 1. The second-order valence-electron chi connectivity index (χ2n) is 9.85. The number of pyridine rings is 1. The number of aliphatic hydroxyl groups is 1. The second kappa shape index (κ2) is 9.90. The largest absolute Gasteiger partial charge is 0.444 e. The molecule has 11 heteroatoms. The molecule has 0 aliphatic carbocycles. The minimum atomic E-state index is -3.71. The number of hydrogen-bond donors (Lipinski definition) is 1. The van der Waals surface area contributed by atoms with E-state index in [4.69, 9.17) is 4.42 Å². The Hall–Kier alpha value is -3.09. The lowest BCUT2D eigenvalue weighted by atomic mass is 10.0. The van der Waals surface area contributed by atoms with E-state index in [1.54, 1.807) is 18.3 Å². The molecule has 5 heterocycles. The molecule has 4 aromatic rings. The van der Waals surface area contributed by atoms with Crippen molar-refractivity contribution in [2.75, 3.05) is 38.1 Å². The van der Waals surface area contributed by atoms with Gasteiger partial charge >= 0.3 is 0 Å². The molecule has 6 rings (SSSR count). The van der Waals surface area contributed by atoms with E-state index in [1.165, 1.54) is 22.3 Å². The van der Waals surface area contributed by atoms with Crippen molar-refractivity contribution in [3.63, 3.8) is 0 Å². The van der Waals surface area contributed by atoms with Crippen LogP contribution in [0.5, 0.6) is 0 Å². The number of aryl methyl sites for hydroxylation is 1. The molecule has 198 valence electrons. The van der Waals surface area contributed by atoms with Crippen molar-refractivity contribution in [1.82, 2.24) is 19.2 Å². The lowest BCUT2D eigenvalue weighted by molar-refractivity contribution is 0.215. The molecule has 1 fully saturated rings. The number of oxazole rings is 1. The standard InChI is InChI=1S/C27H29N5O4S2/c1-18-3-4-19(14-23(18)31-10-8-30(2)9-11-31)26(33)22-13-20-16-32(17-21(20)15-29-22)38(34,35)25-6-5-24(37-25)27-28-7-12-36-27/h3-7,12-15,26,33H,8-11,16-17H2,1-2H3. The molecular formula is C27H29N5O4S2. The van der Waals surface area contributed by atoms with Crippen LogP contribution in [-0.4, -0.2) is 65.9 Å². The molecule has 0 radical (unpaired) electrons. The molecule has 1 unspecified atom stereocenters. The highest BCUT2D eigenvalue weighted by Crippen LogP contribution is 2.36. The molecule has 0 spiro atoms. The Morgan fingerprint density at radius 2 is 1.82 bits per heavy atom. The number of hydrogen-bond acceptors (Lipinski definition) is 9. The van der Waals surface area contributed by atoms with Crippen LogP contribution in [0.2, 0.25) is 0 Å². The molecule has 9 nitrogen and oxygen atoms in total. The van der Waals surface area contributed by atoms with Gasteiger partial charge in [0.15, 0.2) is 0 Å². The summed E-state index contributed by atoms with van der Waals surface area (Å²) in [5.74, 6) is 0.399. The van der Waals surface area contributed by atoms with Crippen LogP contribution in [0, 0.1) is 6.92 Å². The number of aromatic nitrogens is 2. The monoisotopic (exact) mass is 551 g/mol. The van der Waals surface area contributed by atoms with Crippen molar-refractivity contribution in [2.45, 2.75) is 30.3 Å². The van der Waals surface area contributed by atoms with Crippen molar-refractivity contribution in [2.24, 2.45) is 0 Å². The summed E-state index contributed by atoms with van der Waals surface area (Å²) in [4.78, 5) is 14.0. The first kappa shape index (κ1) is 25.2. The van der Waals surface area contributed by atoms with Gasteiger partial charge in [-0.05, 0) is 60.5 Å². The number of aliphatic hydroxyl groups excluding tert-OH is 1. The number of piperazine rings is 1. The Morgan fingerprint density at radius 3 is 2.58 bits per heavy atom. The van der Waals surface area contributed by atoms with Gasteiger partial charge in [0.25, 0.3) is 10.0 Å². The third-order valence-corrected chi connectivity index (χ3v) is 10.6. The van der Waals surface area contributed by atoms with Gasteiger partial charge in [-0.15, -0.1) is 11.3 Å². The van der Waals surface area contributed by atoms with E-state index in [2.05, 4.69) is 39.8 Å². The first-order chi connectivity index (χ1) is 18.3. The van der Waals surface area contributed by atoms with Gasteiger partial charge in [0.1, 0.15) is 16.6 Å². The zero-order chi connectivity index (χ0) is 26.4. The number of benzene rings is 1. The van der Waals surface area contributed by atoms with E-state index >= 15 is 0 Å². The molecule has 2 aliphatic rings. The normalized spacial score (nSPS) is 17.6. The average molecular weight is 552 g/mol. The predicted octanol–water partition coefficient (Wildman–Crippen LogP) is 3.64. The SMILES string of the molecule is Cc1ccc(C(O)c2cc3c(cn2)CN(S(=O)(=O)c2ccc(-c4ncco4)s2)C3)cc1N1CCN(C)CC1. The second-order valence-corrected chi connectivity index (χ2v) is 13.1. The lowest BCUT2D eigenvalue weighted by Gasteiger charge is -2.35. The highest BCUT2D eigenvalue weighted by Gasteiger charge is 2.33. The van der Waals surface area contributed by atoms with Crippen molar-refractivity contribution >= 4 is 27.0 Å². The minimum Gasteiger partial charge on any atom is -0.444 e. The molecule has 1 atom stereocenters. The summed E-state index contributed by atoms with van der Waals surface area (Å²) in [7, 11) is -1.57. The summed E-state index contributed by atoms with van der Waals surface area (Å²) in [5.41, 5.74) is 5.29. The Kier molecular flexibility index (Phi) is 6.57. The fourth-order valence-electron chi connectivity index (χ4n) is 4.99. The highest BCUT2D eigenvalue weighted by atomic mass is 32.2. The Bertz CT molecular complexity index is 1560. The van der Waals surface area contributed by atoms with E-state index in [9.17, 15) is 13.5 Å². The van der Waals surface area contributed by atoms with Gasteiger partial charge in [-0.25, -0.2) is 13.4 Å². The molecule has 38 heavy (non-hydrogen) atoms. The number of thiophene rings is 1. The van der Waals surface area contributed by atoms with Crippen LogP contribution < -0.4 is 4.90 Å². The maximum absolute atomic E-state index is 13.4. The number of rotatable bonds is 6. The number of nitrogens with zero attached hydrogens (tertiary/aromatic N) is 5. The molecule has 0 saturated carbocycles. The van der Waals surface area contributed by atoms with Crippen LogP contribution in [0.1, 0.15) is 34.1 Å². The molecule has 1 aromatic carbocycles. The summed E-state index contributed by atoms with van der Waals surface area (Å²) in [6.45, 7) is 6.46. The van der Waals surface area contributed by atoms with Crippen LogP contribution in [0.3, 0.4) is 0 Å². The zero-order valence-electron chi connectivity index (χ0n) is 21.2. The van der Waals surface area contributed by atoms with Gasteiger partial charge < -0.3 is 19.3 Å². The van der Waals surface area contributed by atoms with Crippen LogP contribution in [0.25, 0.3) is 10.8 Å². The molecule has 1 N–H and O–H groups in total. The lowest BCUT2D eigenvalue weighted by Crippen LogP contribution is -2.44. The molecule has 3 aromatic heterocycles. The molecule has 0 amide bonds. The molecule has 0 bridgehead atoms. The van der Waals surface area contributed by atoms with E-state index in [0.717, 1.165) is 59.9 Å². The maximum Gasteiger partial charge on any atom is 0.253 e. The van der Waals surface area contributed by atoms with Crippen molar-refractivity contribution < 1.29 is 17.9 Å². The summed E-state index contributed by atoms with van der Waals surface area (Å²) < 4.78 is 33.7. The minimum absolute atomic E-state index is 0.229. The van der Waals surface area contributed by atoms with Crippen LogP contribution in [0.15, 0.2) is 63.7 Å². The number of fused-ring (bicyclic) bond motifs is 1. The summed E-state index contributed by atoms with van der Waals surface area (Å²) in [5, 5.41) is 11.2. The molecule has 1 saturated heterocycles. The van der Waals surface area contributed by atoms with Gasteiger partial charge in [-0.1, -0.05) is 12.1 Å². The van der Waals surface area contributed by atoms with E-state index in [1.807, 2.05) is 18.2 Å². The number of sulfonamides is 1. The maximum atomic E-state index is 13.4. The van der Waals surface area contributed by atoms with Gasteiger partial charge in [0.05, 0.1) is 16.8 Å². The van der Waals surface area contributed by atoms with Crippen molar-refractivity contribution in [3.05, 3.63) is 83.0 Å². The first-order valence-electron chi connectivity index (χ1n) is 12.5. The highest BCUT2D eigenvalue weighted by molar-refractivity contribution is 7.91. The predicted molar refractivity (Wildman–Crippen MR) is 145 cm³/mol. The fraction of sp³-hybridized carbons (Fsp3) is 0.333. The van der Waals surface area contributed by atoms with Crippen LogP contribution in [0.4, 0.5) is 5.69 Å². The van der Waals surface area contributed by atoms with Gasteiger partial charge in [0, 0.05) is 51.2 Å². The Morgan fingerprint density at radius 1 is 1.03 bits per heavy atom. The van der Waals surface area contributed by atoms with Crippen molar-refractivity contribution in [1.29, 1.82) is 0 Å². The number of anilines is 1. The van der Waals surface area contributed by atoms with Gasteiger partial charge in [0.2, 0.25) is 5.89 Å². The first-order valence-corrected chi connectivity index (χ1v) is 14.7. The van der Waals surface area contributed by atoms with E-state index < -0.39 is 16.1 Å². The quantitative estimate of drug-likeness (QED) is 0.388. The molecule has 2 aliphatic heterocycles. The zero-order valence-corrected chi connectivity index (χ0v) is 22.9. The molecular weight excluding hydrogens is 522 g/mol. The van der Waals surface area contributed by atoms with Gasteiger partial charge in [-0.2, -0.15) is 4.31 Å². The van der Waals surface area contributed by atoms with E-state index in [-0.39, 0.29) is 17.3 Å². The summed E-state index contributed by atoms with van der Waals surface area (Å²) in [6, 6.07) is 11.2. The van der Waals surface area contributed by atoms with E-state index in [0.29, 0.717) is 16.5 Å². The van der Waals surface area contributed by atoms with Gasteiger partial charge in [-0.3, -0.25) is 4.98 Å². The van der Waals surface area contributed by atoms with Crippen LogP contribution >= 0.6 is 11.3 Å². The Labute approximate surface area is 226 Å². The fourth-order valence-corrected chi connectivity index (χ4v) is 7.79. The topological polar surface area (TPSA) is 103 Å². The summed E-state index contributed by atoms with van der Waals surface area (Å²) >= 11 is 1.13. The Balaban J connectivity index is 1.21. The third kappa shape index (κ3) is 4.65. The van der Waals surface area contributed by atoms with Crippen molar-refractivity contribution in [3.8, 4) is 10.8 Å². The summed E-state index contributed by atoms with van der Waals surface area (Å²) in [6.07, 6.45) is 3.77.